The number of carbonyl (C=O) groups excluding carboxylic acids is 2. The quantitative estimate of drug-likeness (QED) is 0.312. The minimum Gasteiger partial charge on any atom is -0.331 e. The first-order chi connectivity index (χ1) is 16.4. The fourth-order valence-corrected chi connectivity index (χ4v) is 5.67. The van der Waals surface area contributed by atoms with Gasteiger partial charge >= 0.3 is 0 Å². The number of halogens is 1. The molecule has 0 aliphatic carbocycles. The molecule has 0 radical (unpaired) electrons. The minimum atomic E-state index is -0.287. The zero-order valence-corrected chi connectivity index (χ0v) is 21.7. The maximum Gasteiger partial charge on any atom is 0.243 e. The van der Waals surface area contributed by atoms with Crippen LogP contribution < -0.4 is 0 Å². The van der Waals surface area contributed by atoms with E-state index in [9.17, 15) is 14.0 Å². The van der Waals surface area contributed by atoms with Crippen LogP contribution in [0, 0.1) is 5.82 Å². The molecule has 3 rings (SSSR count). The van der Waals surface area contributed by atoms with Crippen LogP contribution in [0.15, 0.2) is 35.7 Å². The van der Waals surface area contributed by atoms with Crippen LogP contribution in [-0.2, 0) is 16.0 Å². The van der Waals surface area contributed by atoms with Gasteiger partial charge in [-0.2, -0.15) is 0 Å². The number of hydrogen-bond donors (Lipinski definition) is 0. The first-order valence-electron chi connectivity index (χ1n) is 12.8. The molecule has 34 heavy (non-hydrogen) atoms. The summed E-state index contributed by atoms with van der Waals surface area (Å²) in [7, 11) is 0. The summed E-state index contributed by atoms with van der Waals surface area (Å²) < 4.78 is 13.6. The van der Waals surface area contributed by atoms with Crippen LogP contribution in [0.25, 0.3) is 0 Å². The van der Waals surface area contributed by atoms with E-state index >= 15 is 0 Å². The van der Waals surface area contributed by atoms with Crippen molar-refractivity contribution in [2.45, 2.75) is 90.6 Å². The Bertz CT molecular complexity index is 925. The summed E-state index contributed by atoms with van der Waals surface area (Å²) >= 11 is 1.70. The Morgan fingerprint density at radius 2 is 1.74 bits per heavy atom. The molecular formula is C28H39FN2O2S. The molecule has 1 atom stereocenters. The molecule has 1 unspecified atom stereocenters. The number of unbranched alkanes of at least 4 members (excludes halogenated alkanes) is 6. The molecular weight excluding hydrogens is 447 g/mol. The van der Waals surface area contributed by atoms with Gasteiger partial charge in [0.05, 0.1) is 6.04 Å². The highest BCUT2D eigenvalue weighted by molar-refractivity contribution is 7.10. The molecule has 1 aromatic carbocycles. The van der Waals surface area contributed by atoms with Gasteiger partial charge in [0.25, 0.3) is 0 Å². The largest absolute Gasteiger partial charge is 0.331 e. The molecule has 186 valence electrons. The van der Waals surface area contributed by atoms with Gasteiger partial charge in [0.15, 0.2) is 0 Å². The Balaban J connectivity index is 1.65. The third kappa shape index (κ3) is 6.91. The molecule has 1 aliphatic heterocycles. The maximum absolute atomic E-state index is 13.6. The summed E-state index contributed by atoms with van der Waals surface area (Å²) in [4.78, 5) is 31.4. The summed E-state index contributed by atoms with van der Waals surface area (Å²) in [5, 5.41) is 2.06. The molecule has 2 amide bonds. The van der Waals surface area contributed by atoms with Crippen molar-refractivity contribution in [1.29, 1.82) is 0 Å². The highest BCUT2D eigenvalue weighted by atomic mass is 32.1. The standard InChI is InChI=1S/C28H39FN2O2S/c1-4-5-6-7-8-9-10-11-26(32)31(21(2)3)20-27(33)30-18-16-25-24(17-19-34-25)28(30)22-12-14-23(29)15-13-22/h12-15,17,19,21,28H,4-11,16,18,20H2,1-3H3. The molecule has 0 bridgehead atoms. The van der Waals surface area contributed by atoms with Crippen LogP contribution in [0.1, 0.15) is 94.2 Å². The van der Waals surface area contributed by atoms with E-state index in [0.717, 1.165) is 30.4 Å². The third-order valence-electron chi connectivity index (χ3n) is 6.72. The van der Waals surface area contributed by atoms with Crippen LogP contribution in [0.5, 0.6) is 0 Å². The predicted molar refractivity (Wildman–Crippen MR) is 137 cm³/mol. The van der Waals surface area contributed by atoms with Crippen molar-refractivity contribution in [3.63, 3.8) is 0 Å². The second-order valence-corrected chi connectivity index (χ2v) is 10.6. The second kappa shape index (κ2) is 13.0. The van der Waals surface area contributed by atoms with Crippen LogP contribution >= 0.6 is 11.3 Å². The fraction of sp³-hybridized carbons (Fsp3) is 0.571. The van der Waals surface area contributed by atoms with Crippen molar-refractivity contribution in [3.05, 3.63) is 57.5 Å². The molecule has 1 aliphatic rings. The summed E-state index contributed by atoms with van der Waals surface area (Å²) in [6.07, 6.45) is 9.45. The molecule has 1 aromatic heterocycles. The van der Waals surface area contributed by atoms with Gasteiger partial charge < -0.3 is 9.80 Å². The molecule has 0 fully saturated rings. The van der Waals surface area contributed by atoms with Gasteiger partial charge in [-0.1, -0.05) is 57.6 Å². The molecule has 0 spiro atoms. The lowest BCUT2D eigenvalue weighted by Gasteiger charge is -2.38. The van der Waals surface area contributed by atoms with E-state index in [0.29, 0.717) is 13.0 Å². The lowest BCUT2D eigenvalue weighted by atomic mass is 9.93. The van der Waals surface area contributed by atoms with Gasteiger partial charge in [-0.15, -0.1) is 11.3 Å². The molecule has 4 nitrogen and oxygen atoms in total. The van der Waals surface area contributed by atoms with E-state index in [1.54, 1.807) is 28.4 Å². The zero-order valence-electron chi connectivity index (χ0n) is 20.9. The van der Waals surface area contributed by atoms with Crippen molar-refractivity contribution in [2.75, 3.05) is 13.1 Å². The molecule has 0 saturated carbocycles. The number of thiophene rings is 1. The smallest absolute Gasteiger partial charge is 0.243 e. The van der Waals surface area contributed by atoms with Crippen LogP contribution in [-0.4, -0.2) is 40.7 Å². The molecule has 2 heterocycles. The third-order valence-corrected chi connectivity index (χ3v) is 7.71. The first-order valence-corrected chi connectivity index (χ1v) is 13.7. The predicted octanol–water partition coefficient (Wildman–Crippen LogP) is 6.74. The monoisotopic (exact) mass is 486 g/mol. The lowest BCUT2D eigenvalue weighted by molar-refractivity contribution is -0.143. The highest BCUT2D eigenvalue weighted by Gasteiger charge is 2.34. The average Bonchev–Trinajstić information content (AvgIpc) is 3.30. The Hall–Kier alpha value is -2.21. The topological polar surface area (TPSA) is 40.6 Å². The van der Waals surface area contributed by atoms with Gasteiger partial charge in [0, 0.05) is 23.9 Å². The van der Waals surface area contributed by atoms with E-state index in [4.69, 9.17) is 0 Å². The summed E-state index contributed by atoms with van der Waals surface area (Å²) in [6.45, 7) is 6.85. The van der Waals surface area contributed by atoms with Gasteiger partial charge in [-0.05, 0) is 61.4 Å². The van der Waals surface area contributed by atoms with Gasteiger partial charge in [-0.3, -0.25) is 9.59 Å². The Kier molecular flexibility index (Phi) is 10.1. The van der Waals surface area contributed by atoms with E-state index in [-0.39, 0.29) is 36.3 Å². The second-order valence-electron chi connectivity index (χ2n) is 9.58. The number of fused-ring (bicyclic) bond motifs is 1. The normalized spacial score (nSPS) is 15.4. The molecule has 2 aromatic rings. The number of hydrogen-bond acceptors (Lipinski definition) is 3. The highest BCUT2D eigenvalue weighted by Crippen LogP contribution is 2.38. The lowest BCUT2D eigenvalue weighted by Crippen LogP contribution is -2.48. The summed E-state index contributed by atoms with van der Waals surface area (Å²) in [6, 6.07) is 8.22. The van der Waals surface area contributed by atoms with E-state index in [1.165, 1.54) is 49.1 Å². The Morgan fingerprint density at radius 3 is 2.41 bits per heavy atom. The Labute approximate surface area is 208 Å². The average molecular weight is 487 g/mol. The van der Waals surface area contributed by atoms with Crippen LogP contribution in [0.2, 0.25) is 0 Å². The van der Waals surface area contributed by atoms with E-state index in [1.807, 2.05) is 18.7 Å². The number of nitrogens with zero attached hydrogens (tertiary/aromatic N) is 2. The number of rotatable bonds is 12. The fourth-order valence-electron chi connectivity index (χ4n) is 4.76. The minimum absolute atomic E-state index is 0.0354. The van der Waals surface area contributed by atoms with E-state index < -0.39 is 0 Å². The maximum atomic E-state index is 13.6. The molecule has 0 N–H and O–H groups in total. The van der Waals surface area contributed by atoms with Crippen molar-refractivity contribution >= 4 is 23.2 Å². The molecule has 0 saturated heterocycles. The number of benzene rings is 1. The van der Waals surface area contributed by atoms with Crippen LogP contribution in [0.3, 0.4) is 0 Å². The number of amides is 2. The first kappa shape index (κ1) is 26.4. The van der Waals surface area contributed by atoms with Crippen molar-refractivity contribution in [1.82, 2.24) is 9.80 Å². The van der Waals surface area contributed by atoms with Gasteiger partial charge in [0.1, 0.15) is 12.4 Å². The van der Waals surface area contributed by atoms with Crippen LogP contribution in [0.4, 0.5) is 4.39 Å². The van der Waals surface area contributed by atoms with Crippen molar-refractivity contribution in [3.8, 4) is 0 Å². The summed E-state index contributed by atoms with van der Waals surface area (Å²) in [5.41, 5.74) is 2.02. The van der Waals surface area contributed by atoms with Gasteiger partial charge in [-0.25, -0.2) is 4.39 Å². The SMILES string of the molecule is CCCCCCCCCC(=O)N(CC(=O)N1CCc2sccc2C1c1ccc(F)cc1)C(C)C. The van der Waals surface area contributed by atoms with E-state index in [2.05, 4.69) is 18.4 Å². The zero-order chi connectivity index (χ0) is 24.5. The van der Waals surface area contributed by atoms with Gasteiger partial charge in [0.2, 0.25) is 11.8 Å². The molecule has 6 heteroatoms. The Morgan fingerprint density at radius 1 is 1.06 bits per heavy atom. The summed E-state index contributed by atoms with van der Waals surface area (Å²) in [5.74, 6) is -0.277. The van der Waals surface area contributed by atoms with Crippen molar-refractivity contribution in [2.24, 2.45) is 0 Å². The number of carbonyl (C=O) groups is 2. The van der Waals surface area contributed by atoms with Crippen molar-refractivity contribution < 1.29 is 14.0 Å².